The van der Waals surface area contributed by atoms with Crippen molar-refractivity contribution in [2.45, 2.75) is 13.3 Å². The Labute approximate surface area is 106 Å². The number of fused-ring (bicyclic) bond motifs is 1. The predicted octanol–water partition coefficient (Wildman–Crippen LogP) is 0.715. The number of para-hydroxylation sites is 1. The van der Waals surface area contributed by atoms with Crippen LogP contribution in [0.3, 0.4) is 0 Å². The Hall–Kier alpha value is -2.28. The number of benzene rings is 1. The van der Waals surface area contributed by atoms with Crippen LogP contribution in [-0.2, 0) is 16.0 Å². The molecule has 0 radical (unpaired) electrons. The summed E-state index contributed by atoms with van der Waals surface area (Å²) in [6.07, 6.45) is 0.443. The lowest BCUT2D eigenvalue weighted by Crippen LogP contribution is -2.36. The number of anilines is 1. The zero-order valence-electron chi connectivity index (χ0n) is 10.2. The van der Waals surface area contributed by atoms with E-state index in [9.17, 15) is 9.59 Å². The Balaban J connectivity index is 1.95. The van der Waals surface area contributed by atoms with Crippen molar-refractivity contribution in [1.82, 2.24) is 5.32 Å². The molecule has 0 atom stereocenters. The van der Waals surface area contributed by atoms with Crippen LogP contribution in [0.5, 0.6) is 0 Å². The summed E-state index contributed by atoms with van der Waals surface area (Å²) >= 11 is 0. The van der Waals surface area contributed by atoms with Crippen LogP contribution < -0.4 is 10.2 Å². The first-order valence-electron chi connectivity index (χ1n) is 5.81. The van der Waals surface area contributed by atoms with E-state index in [1.54, 1.807) is 11.8 Å². The van der Waals surface area contributed by atoms with E-state index in [0.29, 0.717) is 19.5 Å². The van der Waals surface area contributed by atoms with E-state index in [1.165, 1.54) is 0 Å². The summed E-state index contributed by atoms with van der Waals surface area (Å²) in [6.45, 7) is 2.50. The molecule has 0 spiro atoms. The summed E-state index contributed by atoms with van der Waals surface area (Å²) in [6, 6.07) is 7.71. The fourth-order valence-corrected chi connectivity index (χ4v) is 2.00. The summed E-state index contributed by atoms with van der Waals surface area (Å²) in [5, 5.41) is 2.66. The maximum atomic E-state index is 11.8. The lowest BCUT2D eigenvalue weighted by Gasteiger charge is -2.17. The molecule has 2 amide bonds. The number of carbonyl (C=O) groups excluding carboxylic acids is 2. The highest BCUT2D eigenvalue weighted by Gasteiger charge is 2.25. The Bertz CT molecular complexity index is 540. The molecule has 2 rings (SSSR count). The molecule has 0 aliphatic carbocycles. The van der Waals surface area contributed by atoms with Crippen molar-refractivity contribution in [2.75, 3.05) is 18.0 Å². The minimum absolute atomic E-state index is 0.0759. The predicted molar refractivity (Wildman–Crippen MR) is 69.0 cm³/mol. The number of hydrogen-bond acceptors (Lipinski definition) is 2. The van der Waals surface area contributed by atoms with Gasteiger partial charge in [-0.3, -0.25) is 9.59 Å². The number of nitrogens with zero attached hydrogens (tertiary/aromatic N) is 1. The summed E-state index contributed by atoms with van der Waals surface area (Å²) < 4.78 is 0. The first-order chi connectivity index (χ1) is 8.72. The number of rotatable bonds is 3. The van der Waals surface area contributed by atoms with E-state index in [0.717, 1.165) is 11.3 Å². The molecule has 4 nitrogen and oxygen atoms in total. The lowest BCUT2D eigenvalue weighted by molar-refractivity contribution is -0.118. The molecule has 92 valence electrons. The fourth-order valence-electron chi connectivity index (χ4n) is 2.00. The van der Waals surface area contributed by atoms with Gasteiger partial charge in [0, 0.05) is 18.8 Å². The van der Waals surface area contributed by atoms with Crippen LogP contribution in [0.25, 0.3) is 0 Å². The van der Waals surface area contributed by atoms with Crippen LogP contribution in [0.4, 0.5) is 5.69 Å². The van der Waals surface area contributed by atoms with Gasteiger partial charge in [-0.05, 0) is 24.5 Å². The molecule has 1 heterocycles. The summed E-state index contributed by atoms with van der Waals surface area (Å²) in [5.41, 5.74) is 1.99. The largest absolute Gasteiger partial charge is 0.343 e. The lowest BCUT2D eigenvalue weighted by atomic mass is 10.2. The number of hydrogen-bond donors (Lipinski definition) is 1. The maximum absolute atomic E-state index is 11.8. The average molecular weight is 242 g/mol. The fraction of sp³-hybridized carbons (Fsp3) is 0.286. The number of nitrogens with one attached hydrogen (secondary N) is 1. The Kier molecular flexibility index (Phi) is 3.63. The second-order valence-corrected chi connectivity index (χ2v) is 3.98. The number of carbonyl (C=O) groups is 2. The summed E-state index contributed by atoms with van der Waals surface area (Å²) in [7, 11) is 0. The van der Waals surface area contributed by atoms with Gasteiger partial charge >= 0.3 is 0 Å². The van der Waals surface area contributed by atoms with Crippen LogP contribution in [0.15, 0.2) is 24.3 Å². The first kappa shape index (κ1) is 12.2. The van der Waals surface area contributed by atoms with Crippen LogP contribution in [0.1, 0.15) is 12.5 Å². The standard InChI is InChI=1S/C14H14N2O2/c1-2-5-13(17)15-8-9-16-12-7-4-3-6-11(12)10-14(16)18/h3-4,6-7H,8-10H2,1H3,(H,15,17). The van der Waals surface area contributed by atoms with Gasteiger partial charge in [0.05, 0.1) is 6.42 Å². The molecule has 4 heteroatoms. The molecule has 1 aromatic rings. The highest BCUT2D eigenvalue weighted by atomic mass is 16.2. The van der Waals surface area contributed by atoms with E-state index in [2.05, 4.69) is 17.2 Å². The molecular formula is C14H14N2O2. The smallest absolute Gasteiger partial charge is 0.295 e. The molecule has 1 aliphatic heterocycles. The van der Waals surface area contributed by atoms with Gasteiger partial charge in [0.15, 0.2) is 0 Å². The highest BCUT2D eigenvalue weighted by molar-refractivity contribution is 6.01. The molecule has 18 heavy (non-hydrogen) atoms. The van der Waals surface area contributed by atoms with Gasteiger partial charge in [0.25, 0.3) is 5.91 Å². The van der Waals surface area contributed by atoms with E-state index in [4.69, 9.17) is 0 Å². The van der Waals surface area contributed by atoms with Gasteiger partial charge in [-0.1, -0.05) is 24.1 Å². The summed E-state index contributed by atoms with van der Waals surface area (Å²) in [5.74, 6) is 4.69. The molecule has 1 N–H and O–H groups in total. The molecule has 0 saturated carbocycles. The minimum Gasteiger partial charge on any atom is -0.343 e. The first-order valence-corrected chi connectivity index (χ1v) is 5.81. The van der Waals surface area contributed by atoms with E-state index in [-0.39, 0.29) is 11.8 Å². The van der Waals surface area contributed by atoms with Crippen molar-refractivity contribution < 1.29 is 9.59 Å². The topological polar surface area (TPSA) is 49.4 Å². The molecule has 0 aromatic heterocycles. The van der Waals surface area contributed by atoms with Crippen molar-refractivity contribution >= 4 is 17.5 Å². The van der Waals surface area contributed by atoms with Crippen molar-refractivity contribution in [1.29, 1.82) is 0 Å². The zero-order chi connectivity index (χ0) is 13.0. The molecule has 0 fully saturated rings. The van der Waals surface area contributed by atoms with Crippen molar-refractivity contribution in [3.8, 4) is 11.8 Å². The normalized spacial score (nSPS) is 12.7. The molecule has 0 bridgehead atoms. The second kappa shape index (κ2) is 5.37. The second-order valence-electron chi connectivity index (χ2n) is 3.98. The number of amides is 2. The third kappa shape index (κ3) is 2.51. The van der Waals surface area contributed by atoms with Gasteiger partial charge in [-0.15, -0.1) is 0 Å². The van der Waals surface area contributed by atoms with Crippen molar-refractivity contribution in [3.63, 3.8) is 0 Å². The third-order valence-corrected chi connectivity index (χ3v) is 2.78. The van der Waals surface area contributed by atoms with Crippen LogP contribution in [-0.4, -0.2) is 24.9 Å². The van der Waals surface area contributed by atoms with E-state index >= 15 is 0 Å². The van der Waals surface area contributed by atoms with Gasteiger partial charge in [-0.25, -0.2) is 0 Å². The van der Waals surface area contributed by atoms with Gasteiger partial charge < -0.3 is 10.2 Å². The molecule has 0 unspecified atom stereocenters. The van der Waals surface area contributed by atoms with E-state index in [1.807, 2.05) is 24.3 Å². The third-order valence-electron chi connectivity index (χ3n) is 2.78. The monoisotopic (exact) mass is 242 g/mol. The molecule has 1 aliphatic rings. The van der Waals surface area contributed by atoms with Crippen molar-refractivity contribution in [2.24, 2.45) is 0 Å². The minimum atomic E-state index is -0.308. The molecule has 0 saturated heterocycles. The quantitative estimate of drug-likeness (QED) is 0.794. The SMILES string of the molecule is CC#CC(=O)NCCN1C(=O)Cc2ccccc21. The molecular weight excluding hydrogens is 228 g/mol. The zero-order valence-corrected chi connectivity index (χ0v) is 10.2. The Morgan fingerprint density at radius 1 is 1.44 bits per heavy atom. The van der Waals surface area contributed by atoms with Crippen LogP contribution in [0.2, 0.25) is 0 Å². The van der Waals surface area contributed by atoms with Crippen LogP contribution >= 0.6 is 0 Å². The van der Waals surface area contributed by atoms with Gasteiger partial charge in [0.1, 0.15) is 0 Å². The summed E-state index contributed by atoms with van der Waals surface area (Å²) in [4.78, 5) is 24.7. The van der Waals surface area contributed by atoms with E-state index < -0.39 is 0 Å². The Morgan fingerprint density at radius 3 is 3.00 bits per heavy atom. The van der Waals surface area contributed by atoms with Crippen LogP contribution in [0, 0.1) is 11.8 Å². The van der Waals surface area contributed by atoms with Gasteiger partial charge in [0.2, 0.25) is 5.91 Å². The highest BCUT2D eigenvalue weighted by Crippen LogP contribution is 2.27. The van der Waals surface area contributed by atoms with Gasteiger partial charge in [-0.2, -0.15) is 0 Å². The average Bonchev–Trinajstić information content (AvgIpc) is 2.66. The van der Waals surface area contributed by atoms with Crippen molar-refractivity contribution in [3.05, 3.63) is 29.8 Å². The Morgan fingerprint density at radius 2 is 2.22 bits per heavy atom. The maximum Gasteiger partial charge on any atom is 0.295 e. The molecule has 1 aromatic carbocycles.